The number of aromatic nitrogens is 4. The van der Waals surface area contributed by atoms with Crippen LogP contribution >= 0.6 is 0 Å². The molecule has 2 aromatic heterocycles. The Kier molecular flexibility index (Phi) is 3.61. The molecule has 1 aliphatic rings. The molecule has 3 rings (SSSR count). The van der Waals surface area contributed by atoms with E-state index in [0.717, 1.165) is 25.0 Å². The molecule has 0 radical (unpaired) electrons. The highest BCUT2D eigenvalue weighted by Gasteiger charge is 2.36. The first-order valence-corrected chi connectivity index (χ1v) is 7.01. The van der Waals surface area contributed by atoms with Gasteiger partial charge in [-0.05, 0) is 25.8 Å². The number of nitrogens with one attached hydrogen (secondary N) is 1. The van der Waals surface area contributed by atoms with Crippen LogP contribution in [0.15, 0.2) is 17.8 Å². The minimum Gasteiger partial charge on any atom is -0.340 e. The average molecular weight is 287 g/mol. The van der Waals surface area contributed by atoms with Crippen LogP contribution in [0, 0.1) is 5.92 Å². The molecule has 0 bridgehead atoms. The zero-order valence-electron chi connectivity index (χ0n) is 11.8. The summed E-state index contributed by atoms with van der Waals surface area (Å²) in [5.74, 6) is 0.185. The highest BCUT2D eigenvalue weighted by Crippen LogP contribution is 2.29. The number of carbonyl (C=O) groups is 1. The van der Waals surface area contributed by atoms with Crippen molar-refractivity contribution in [1.29, 1.82) is 0 Å². The van der Waals surface area contributed by atoms with Crippen LogP contribution in [-0.4, -0.2) is 38.1 Å². The molecule has 0 spiro atoms. The van der Waals surface area contributed by atoms with Crippen LogP contribution < -0.4 is 10.7 Å². The van der Waals surface area contributed by atoms with Crippen LogP contribution in [-0.2, 0) is 4.79 Å². The van der Waals surface area contributed by atoms with Crippen molar-refractivity contribution in [1.82, 2.24) is 19.9 Å². The van der Waals surface area contributed by atoms with E-state index in [0.29, 0.717) is 23.5 Å². The summed E-state index contributed by atoms with van der Waals surface area (Å²) in [5.41, 5.74) is 7.56. The molecule has 1 amide bonds. The Balaban J connectivity index is 1.97. The lowest BCUT2D eigenvalue weighted by Gasteiger charge is -2.13. The number of hydrazone groups is 1. The second-order valence-electron chi connectivity index (χ2n) is 4.88. The first-order valence-electron chi connectivity index (χ1n) is 7.01. The molecule has 0 aromatic carbocycles. The maximum atomic E-state index is 12.6. The first-order chi connectivity index (χ1) is 10.3. The lowest BCUT2D eigenvalue weighted by atomic mass is 9.96. The van der Waals surface area contributed by atoms with Gasteiger partial charge in [0.25, 0.3) is 5.91 Å². The van der Waals surface area contributed by atoms with Crippen LogP contribution in [0.4, 0.5) is 5.82 Å². The van der Waals surface area contributed by atoms with E-state index in [-0.39, 0.29) is 11.8 Å². The minimum atomic E-state index is -0.202. The molecular weight excluding hydrogens is 270 g/mol. The predicted molar refractivity (Wildman–Crippen MR) is 78.7 cm³/mol. The fraction of sp³-hybridized carbons (Fsp3) is 0.462. The smallest absolute Gasteiger partial charge is 0.257 e. The zero-order valence-corrected chi connectivity index (χ0v) is 11.8. The number of aromatic amines is 1. The van der Waals surface area contributed by atoms with Gasteiger partial charge in [-0.1, -0.05) is 6.92 Å². The monoisotopic (exact) mass is 287 g/mol. The quantitative estimate of drug-likeness (QED) is 0.845. The Labute approximate surface area is 121 Å². The zero-order chi connectivity index (χ0) is 14.8. The summed E-state index contributed by atoms with van der Waals surface area (Å²) < 4.78 is 0. The minimum absolute atomic E-state index is 0.0603. The van der Waals surface area contributed by atoms with E-state index in [2.05, 4.69) is 25.0 Å². The van der Waals surface area contributed by atoms with E-state index in [9.17, 15) is 4.79 Å². The molecule has 1 aliphatic heterocycles. The van der Waals surface area contributed by atoms with Crippen molar-refractivity contribution in [2.75, 3.05) is 11.6 Å². The average Bonchev–Trinajstić information content (AvgIpc) is 3.09. The lowest BCUT2D eigenvalue weighted by Crippen LogP contribution is -2.28. The largest absolute Gasteiger partial charge is 0.340 e. The number of fused-ring (bicyclic) bond motifs is 1. The highest BCUT2D eigenvalue weighted by molar-refractivity contribution is 6.16. The Morgan fingerprint density at radius 3 is 3.00 bits per heavy atom. The third-order valence-electron chi connectivity index (χ3n) is 3.60. The Morgan fingerprint density at radius 2 is 2.24 bits per heavy atom. The van der Waals surface area contributed by atoms with Gasteiger partial charge in [-0.15, -0.1) is 0 Å². The van der Waals surface area contributed by atoms with Gasteiger partial charge in [-0.3, -0.25) is 4.79 Å². The molecule has 1 atom stereocenters. The number of H-pyrrole nitrogens is 1. The number of anilines is 1. The summed E-state index contributed by atoms with van der Waals surface area (Å²) in [6, 6.07) is 0. The van der Waals surface area contributed by atoms with E-state index < -0.39 is 0 Å². The fourth-order valence-corrected chi connectivity index (χ4v) is 2.53. The molecule has 21 heavy (non-hydrogen) atoms. The van der Waals surface area contributed by atoms with Gasteiger partial charge in [0.2, 0.25) is 0 Å². The lowest BCUT2D eigenvalue weighted by molar-refractivity contribution is -0.119. The third-order valence-corrected chi connectivity index (χ3v) is 3.60. The van der Waals surface area contributed by atoms with Crippen LogP contribution in [0.25, 0.3) is 11.2 Å². The second kappa shape index (κ2) is 5.57. The first kappa shape index (κ1) is 13.6. The van der Waals surface area contributed by atoms with Crippen molar-refractivity contribution in [2.45, 2.75) is 26.2 Å². The number of carbonyl (C=O) groups excluding carboxylic acids is 1. The van der Waals surface area contributed by atoms with Gasteiger partial charge < -0.3 is 10.7 Å². The molecular formula is C13H17N7O. The Hall–Kier alpha value is -2.35. The van der Waals surface area contributed by atoms with Crippen molar-refractivity contribution < 1.29 is 4.79 Å². The molecule has 0 fully saturated rings. The number of rotatable bonds is 5. The SMILES string of the molecule is CCC1=NN(c2ncnc3nc[nH]c23)C(=O)C1CCCN. The van der Waals surface area contributed by atoms with Gasteiger partial charge >= 0.3 is 0 Å². The van der Waals surface area contributed by atoms with E-state index in [4.69, 9.17) is 5.73 Å². The molecule has 2 aromatic rings. The highest BCUT2D eigenvalue weighted by atomic mass is 16.2. The van der Waals surface area contributed by atoms with Crippen molar-refractivity contribution in [3.63, 3.8) is 0 Å². The summed E-state index contributed by atoms with van der Waals surface area (Å²) in [4.78, 5) is 27.9. The van der Waals surface area contributed by atoms with Crippen molar-refractivity contribution in [2.24, 2.45) is 16.8 Å². The van der Waals surface area contributed by atoms with Gasteiger partial charge in [-0.2, -0.15) is 10.1 Å². The molecule has 1 unspecified atom stereocenters. The van der Waals surface area contributed by atoms with Crippen LogP contribution in [0.5, 0.6) is 0 Å². The normalized spacial score (nSPS) is 18.6. The number of amides is 1. The molecule has 8 heteroatoms. The van der Waals surface area contributed by atoms with Crippen molar-refractivity contribution in [3.05, 3.63) is 12.7 Å². The molecule has 0 saturated heterocycles. The van der Waals surface area contributed by atoms with E-state index in [1.165, 1.54) is 17.7 Å². The predicted octanol–water partition coefficient (Wildman–Crippen LogP) is 0.821. The number of imidazole rings is 1. The number of hydrogen-bond acceptors (Lipinski definition) is 6. The van der Waals surface area contributed by atoms with Gasteiger partial charge in [0.15, 0.2) is 11.5 Å². The van der Waals surface area contributed by atoms with Crippen molar-refractivity contribution >= 4 is 28.6 Å². The molecule has 3 N–H and O–H groups in total. The van der Waals surface area contributed by atoms with Crippen LogP contribution in [0.3, 0.4) is 0 Å². The van der Waals surface area contributed by atoms with Gasteiger partial charge in [0.05, 0.1) is 18.0 Å². The van der Waals surface area contributed by atoms with Gasteiger partial charge in [0, 0.05) is 0 Å². The number of nitrogens with two attached hydrogens (primary N) is 1. The van der Waals surface area contributed by atoms with Gasteiger partial charge in [0.1, 0.15) is 11.8 Å². The van der Waals surface area contributed by atoms with Crippen LogP contribution in [0.1, 0.15) is 26.2 Å². The molecule has 0 saturated carbocycles. The third kappa shape index (κ3) is 2.27. The standard InChI is InChI=1S/C13H17N7O/c1-2-9-8(4-3-5-14)13(21)20(19-9)12-10-11(16-6-15-10)17-7-18-12/h6-8H,2-5,14H2,1H3,(H,15,16,17,18). The maximum Gasteiger partial charge on any atom is 0.257 e. The van der Waals surface area contributed by atoms with E-state index in [1.54, 1.807) is 0 Å². The summed E-state index contributed by atoms with van der Waals surface area (Å²) >= 11 is 0. The number of hydrogen-bond donors (Lipinski definition) is 2. The fourth-order valence-electron chi connectivity index (χ4n) is 2.53. The topological polar surface area (TPSA) is 113 Å². The molecule has 110 valence electrons. The summed E-state index contributed by atoms with van der Waals surface area (Å²) in [6.45, 7) is 2.57. The van der Waals surface area contributed by atoms with E-state index in [1.807, 2.05) is 6.92 Å². The van der Waals surface area contributed by atoms with E-state index >= 15 is 0 Å². The Bertz CT molecular complexity index is 693. The molecule has 0 aliphatic carbocycles. The maximum absolute atomic E-state index is 12.6. The summed E-state index contributed by atoms with van der Waals surface area (Å²) in [6.07, 6.45) is 5.16. The van der Waals surface area contributed by atoms with Gasteiger partial charge in [-0.25, -0.2) is 15.0 Å². The molecule has 8 nitrogen and oxygen atoms in total. The van der Waals surface area contributed by atoms with Crippen molar-refractivity contribution in [3.8, 4) is 0 Å². The Morgan fingerprint density at radius 1 is 1.38 bits per heavy atom. The number of nitrogens with zero attached hydrogens (tertiary/aromatic N) is 5. The van der Waals surface area contributed by atoms with Crippen LogP contribution in [0.2, 0.25) is 0 Å². The second-order valence-corrected chi connectivity index (χ2v) is 4.88. The summed E-state index contributed by atoms with van der Waals surface area (Å²) in [7, 11) is 0. The molecule has 3 heterocycles. The summed E-state index contributed by atoms with van der Waals surface area (Å²) in [5, 5.41) is 5.81.